The third kappa shape index (κ3) is 2.64. The van der Waals surface area contributed by atoms with Crippen LogP contribution in [0.2, 0.25) is 0 Å². The predicted molar refractivity (Wildman–Crippen MR) is 67.3 cm³/mol. The number of aromatic nitrogens is 1. The third-order valence-electron chi connectivity index (χ3n) is 3.23. The highest BCUT2D eigenvalue weighted by Crippen LogP contribution is 2.20. The van der Waals surface area contributed by atoms with Crippen molar-refractivity contribution in [3.63, 3.8) is 0 Å². The molecule has 0 aromatic carbocycles. The molecule has 16 heavy (non-hydrogen) atoms. The molecule has 4 heteroatoms. The Morgan fingerprint density at radius 2 is 2.38 bits per heavy atom. The second-order valence-electron chi connectivity index (χ2n) is 4.75. The summed E-state index contributed by atoms with van der Waals surface area (Å²) in [7, 11) is 2.17. The molecule has 0 bridgehead atoms. The smallest absolute Gasteiger partial charge is 0.128 e. The Hall–Kier alpha value is -1.29. The summed E-state index contributed by atoms with van der Waals surface area (Å²) in [6.07, 6.45) is 2.91. The molecule has 0 amide bonds. The van der Waals surface area contributed by atoms with Gasteiger partial charge in [0.05, 0.1) is 0 Å². The highest BCUT2D eigenvalue weighted by atomic mass is 15.1. The van der Waals surface area contributed by atoms with Crippen molar-refractivity contribution in [1.29, 1.82) is 0 Å². The van der Waals surface area contributed by atoms with E-state index < -0.39 is 0 Å². The molecule has 0 aliphatic carbocycles. The largest absolute Gasteiger partial charge is 0.399 e. The molecule has 1 aromatic rings. The quantitative estimate of drug-likeness (QED) is 0.791. The number of hydrogen-bond acceptors (Lipinski definition) is 4. The zero-order chi connectivity index (χ0) is 11.5. The van der Waals surface area contributed by atoms with Gasteiger partial charge in [-0.1, -0.05) is 6.92 Å². The number of pyridine rings is 1. The lowest BCUT2D eigenvalue weighted by Gasteiger charge is -2.35. The molecular formula is C12H20N4. The van der Waals surface area contributed by atoms with Gasteiger partial charge in [-0.25, -0.2) is 4.98 Å². The summed E-state index contributed by atoms with van der Waals surface area (Å²) in [5.41, 5.74) is 6.49. The monoisotopic (exact) mass is 220 g/mol. The SMILES string of the molecule is CC1CN(C)CCC1Nc1cc(N)ccn1. The van der Waals surface area contributed by atoms with E-state index in [1.165, 1.54) is 0 Å². The molecule has 2 atom stereocenters. The molecule has 3 N–H and O–H groups in total. The number of rotatable bonds is 2. The van der Waals surface area contributed by atoms with Crippen LogP contribution in [0.25, 0.3) is 0 Å². The van der Waals surface area contributed by atoms with Gasteiger partial charge in [-0.05, 0) is 32.0 Å². The van der Waals surface area contributed by atoms with Gasteiger partial charge in [0.25, 0.3) is 0 Å². The van der Waals surface area contributed by atoms with Gasteiger partial charge in [0, 0.05) is 30.5 Å². The molecule has 0 spiro atoms. The minimum Gasteiger partial charge on any atom is -0.399 e. The first-order valence-corrected chi connectivity index (χ1v) is 5.82. The standard InChI is InChI=1S/C12H20N4/c1-9-8-16(2)6-4-11(9)15-12-7-10(13)3-5-14-12/h3,5,7,9,11H,4,6,8H2,1-2H3,(H3,13,14,15). The second-order valence-corrected chi connectivity index (χ2v) is 4.75. The van der Waals surface area contributed by atoms with Crippen LogP contribution >= 0.6 is 0 Å². The molecular weight excluding hydrogens is 200 g/mol. The molecule has 4 nitrogen and oxygen atoms in total. The van der Waals surface area contributed by atoms with Crippen LogP contribution in [-0.2, 0) is 0 Å². The van der Waals surface area contributed by atoms with Gasteiger partial charge in [-0.2, -0.15) is 0 Å². The van der Waals surface area contributed by atoms with Crippen molar-refractivity contribution in [2.75, 3.05) is 31.2 Å². The number of likely N-dealkylation sites (tertiary alicyclic amines) is 1. The summed E-state index contributed by atoms with van der Waals surface area (Å²) in [4.78, 5) is 6.65. The van der Waals surface area contributed by atoms with Gasteiger partial charge in [0.1, 0.15) is 5.82 Å². The molecule has 88 valence electrons. The fourth-order valence-corrected chi connectivity index (χ4v) is 2.28. The van der Waals surface area contributed by atoms with Crippen LogP contribution < -0.4 is 11.1 Å². The Morgan fingerprint density at radius 1 is 1.56 bits per heavy atom. The fourth-order valence-electron chi connectivity index (χ4n) is 2.28. The average Bonchev–Trinajstić information content (AvgIpc) is 2.22. The van der Waals surface area contributed by atoms with Crippen LogP contribution in [0.5, 0.6) is 0 Å². The average molecular weight is 220 g/mol. The van der Waals surface area contributed by atoms with Crippen molar-refractivity contribution in [3.05, 3.63) is 18.3 Å². The minimum absolute atomic E-state index is 0.505. The molecule has 1 aliphatic rings. The molecule has 0 radical (unpaired) electrons. The number of hydrogen-bond donors (Lipinski definition) is 2. The second kappa shape index (κ2) is 4.70. The number of nitrogens with one attached hydrogen (secondary N) is 1. The number of anilines is 2. The number of nitrogens with two attached hydrogens (primary N) is 1. The van der Waals surface area contributed by atoms with E-state index in [0.717, 1.165) is 31.0 Å². The van der Waals surface area contributed by atoms with Gasteiger partial charge >= 0.3 is 0 Å². The van der Waals surface area contributed by atoms with E-state index >= 15 is 0 Å². The Labute approximate surface area is 96.8 Å². The van der Waals surface area contributed by atoms with Crippen LogP contribution in [0.3, 0.4) is 0 Å². The molecule has 2 unspecified atom stereocenters. The highest BCUT2D eigenvalue weighted by molar-refractivity contribution is 5.48. The maximum atomic E-state index is 5.73. The van der Waals surface area contributed by atoms with Crippen LogP contribution in [0.4, 0.5) is 11.5 Å². The Kier molecular flexibility index (Phi) is 3.29. The summed E-state index contributed by atoms with van der Waals surface area (Å²) < 4.78 is 0. The summed E-state index contributed by atoms with van der Waals surface area (Å²) >= 11 is 0. The molecule has 1 saturated heterocycles. The number of nitrogens with zero attached hydrogens (tertiary/aromatic N) is 2. The summed E-state index contributed by atoms with van der Waals surface area (Å²) in [6, 6.07) is 4.21. The van der Waals surface area contributed by atoms with Crippen LogP contribution in [0, 0.1) is 5.92 Å². The number of piperidine rings is 1. The lowest BCUT2D eigenvalue weighted by atomic mass is 9.94. The molecule has 1 aliphatic heterocycles. The van der Waals surface area contributed by atoms with Gasteiger partial charge in [0.2, 0.25) is 0 Å². The van der Waals surface area contributed by atoms with E-state index in [4.69, 9.17) is 5.73 Å². The maximum absolute atomic E-state index is 5.73. The van der Waals surface area contributed by atoms with Gasteiger partial charge in [-0.15, -0.1) is 0 Å². The van der Waals surface area contributed by atoms with Crippen molar-refractivity contribution in [1.82, 2.24) is 9.88 Å². The first-order chi connectivity index (χ1) is 7.65. The normalized spacial score (nSPS) is 26.6. The van der Waals surface area contributed by atoms with E-state index in [1.807, 2.05) is 12.1 Å². The van der Waals surface area contributed by atoms with Gasteiger partial charge in [0.15, 0.2) is 0 Å². The zero-order valence-corrected chi connectivity index (χ0v) is 9.98. The predicted octanol–water partition coefficient (Wildman–Crippen LogP) is 1.42. The van der Waals surface area contributed by atoms with E-state index in [0.29, 0.717) is 12.0 Å². The topological polar surface area (TPSA) is 54.2 Å². The first kappa shape index (κ1) is 11.2. The molecule has 2 rings (SSSR count). The Morgan fingerprint density at radius 3 is 3.06 bits per heavy atom. The van der Waals surface area contributed by atoms with Crippen LogP contribution in [0.15, 0.2) is 18.3 Å². The van der Waals surface area contributed by atoms with Crippen molar-refractivity contribution < 1.29 is 0 Å². The highest BCUT2D eigenvalue weighted by Gasteiger charge is 2.24. The Balaban J connectivity index is 1.99. The molecule has 0 saturated carbocycles. The zero-order valence-electron chi connectivity index (χ0n) is 9.98. The van der Waals surface area contributed by atoms with E-state index in [2.05, 4.69) is 29.2 Å². The third-order valence-corrected chi connectivity index (χ3v) is 3.23. The van der Waals surface area contributed by atoms with Crippen molar-refractivity contribution in [2.24, 2.45) is 5.92 Å². The van der Waals surface area contributed by atoms with E-state index in [9.17, 15) is 0 Å². The lowest BCUT2D eigenvalue weighted by Crippen LogP contribution is -2.43. The maximum Gasteiger partial charge on any atom is 0.128 e. The van der Waals surface area contributed by atoms with E-state index in [-0.39, 0.29) is 0 Å². The fraction of sp³-hybridized carbons (Fsp3) is 0.583. The van der Waals surface area contributed by atoms with E-state index in [1.54, 1.807) is 6.20 Å². The van der Waals surface area contributed by atoms with Crippen molar-refractivity contribution >= 4 is 11.5 Å². The van der Waals surface area contributed by atoms with Crippen LogP contribution in [-0.4, -0.2) is 36.1 Å². The van der Waals surface area contributed by atoms with Crippen molar-refractivity contribution in [3.8, 4) is 0 Å². The van der Waals surface area contributed by atoms with Crippen molar-refractivity contribution in [2.45, 2.75) is 19.4 Å². The first-order valence-electron chi connectivity index (χ1n) is 5.82. The molecule has 1 aromatic heterocycles. The molecule has 2 heterocycles. The van der Waals surface area contributed by atoms with Gasteiger partial charge < -0.3 is 16.0 Å². The van der Waals surface area contributed by atoms with Crippen LogP contribution in [0.1, 0.15) is 13.3 Å². The molecule has 1 fully saturated rings. The minimum atomic E-state index is 0.505. The summed E-state index contributed by atoms with van der Waals surface area (Å²) in [5, 5.41) is 3.47. The summed E-state index contributed by atoms with van der Waals surface area (Å²) in [5.74, 6) is 1.53. The Bertz CT molecular complexity index is 353. The van der Waals surface area contributed by atoms with Gasteiger partial charge in [-0.3, -0.25) is 0 Å². The summed E-state index contributed by atoms with van der Waals surface area (Å²) in [6.45, 7) is 4.56. The lowest BCUT2D eigenvalue weighted by molar-refractivity contribution is 0.206. The number of nitrogen functional groups attached to an aromatic ring is 1.